The molecule has 2 aromatic rings. The van der Waals surface area contributed by atoms with Crippen molar-refractivity contribution in [3.63, 3.8) is 0 Å². The van der Waals surface area contributed by atoms with Crippen LogP contribution in [0.4, 0.5) is 0 Å². The Morgan fingerprint density at radius 1 is 1.04 bits per heavy atom. The van der Waals surface area contributed by atoms with E-state index >= 15 is 0 Å². The minimum absolute atomic E-state index is 0.613. The Morgan fingerprint density at radius 3 is 2.73 bits per heavy atom. The normalized spacial score (nSPS) is 22.5. The maximum atomic E-state index is 5.47. The molecule has 4 rings (SSSR count). The fourth-order valence-electron chi connectivity index (χ4n) is 3.95. The van der Waals surface area contributed by atoms with Crippen LogP contribution in [0.1, 0.15) is 31.5 Å². The van der Waals surface area contributed by atoms with Gasteiger partial charge in [0, 0.05) is 24.7 Å². The first kappa shape index (κ1) is 17.6. The molecule has 2 fully saturated rings. The summed E-state index contributed by atoms with van der Waals surface area (Å²) >= 11 is 0. The number of hydrogen-bond donors (Lipinski definition) is 0. The number of ether oxygens (including phenoxy) is 1. The summed E-state index contributed by atoms with van der Waals surface area (Å²) < 4.78 is 10.9. The molecule has 0 aliphatic carbocycles. The minimum atomic E-state index is 0.613. The Morgan fingerprint density at radius 2 is 1.88 bits per heavy atom. The van der Waals surface area contributed by atoms with Crippen molar-refractivity contribution in [1.82, 2.24) is 19.9 Å². The zero-order chi connectivity index (χ0) is 17.6. The summed E-state index contributed by atoms with van der Waals surface area (Å²) in [5.41, 5.74) is 0.980. The van der Waals surface area contributed by atoms with Gasteiger partial charge in [-0.1, -0.05) is 29.8 Å². The Labute approximate surface area is 155 Å². The molecule has 26 heavy (non-hydrogen) atoms. The number of hydrogen-bond acceptors (Lipinski definition) is 6. The van der Waals surface area contributed by atoms with Gasteiger partial charge in [0.1, 0.15) is 0 Å². The Hall–Kier alpha value is -1.76. The lowest BCUT2D eigenvalue weighted by Gasteiger charge is -2.36. The van der Waals surface area contributed by atoms with Crippen molar-refractivity contribution in [2.24, 2.45) is 0 Å². The van der Waals surface area contributed by atoms with Crippen LogP contribution in [0.5, 0.6) is 0 Å². The number of likely N-dealkylation sites (tertiary alicyclic amines) is 1. The van der Waals surface area contributed by atoms with Gasteiger partial charge in [-0.05, 0) is 44.5 Å². The van der Waals surface area contributed by atoms with E-state index in [0.717, 1.165) is 57.3 Å². The first-order chi connectivity index (χ1) is 12.9. The molecule has 2 saturated heterocycles. The van der Waals surface area contributed by atoms with Crippen LogP contribution < -0.4 is 0 Å². The van der Waals surface area contributed by atoms with Gasteiger partial charge in [-0.2, -0.15) is 4.98 Å². The molecule has 0 spiro atoms. The number of nitrogens with zero attached hydrogens (tertiary/aromatic N) is 4. The van der Waals surface area contributed by atoms with E-state index < -0.39 is 0 Å². The molecule has 140 valence electrons. The third-order valence-electron chi connectivity index (χ3n) is 5.46. The van der Waals surface area contributed by atoms with Gasteiger partial charge in [-0.25, -0.2) is 0 Å². The standard InChI is InChI=1S/C20H28N4O2/c1-2-6-17(7-3-1)20-21-19(22-26-20)16-24-10-5-4-8-18(24)9-11-23-12-14-25-15-13-23/h1-3,6-7,18H,4-5,8-16H2/t18-/m1/s1. The second kappa shape index (κ2) is 8.75. The summed E-state index contributed by atoms with van der Waals surface area (Å²) in [7, 11) is 0. The monoisotopic (exact) mass is 356 g/mol. The lowest BCUT2D eigenvalue weighted by Crippen LogP contribution is -2.43. The molecule has 6 heteroatoms. The summed E-state index contributed by atoms with van der Waals surface area (Å²) in [6.07, 6.45) is 5.07. The first-order valence-corrected chi connectivity index (χ1v) is 9.80. The lowest BCUT2D eigenvalue weighted by molar-refractivity contribution is 0.0300. The average molecular weight is 356 g/mol. The highest BCUT2D eigenvalue weighted by atomic mass is 16.5. The van der Waals surface area contributed by atoms with E-state index in [1.165, 1.54) is 25.7 Å². The Balaban J connectivity index is 1.35. The van der Waals surface area contributed by atoms with E-state index in [2.05, 4.69) is 19.9 Å². The zero-order valence-corrected chi connectivity index (χ0v) is 15.3. The van der Waals surface area contributed by atoms with E-state index in [1.54, 1.807) is 0 Å². The molecule has 0 amide bonds. The van der Waals surface area contributed by atoms with Gasteiger partial charge in [0.2, 0.25) is 0 Å². The molecule has 0 unspecified atom stereocenters. The quantitative estimate of drug-likeness (QED) is 0.793. The smallest absolute Gasteiger partial charge is 0.257 e. The number of piperidine rings is 1. The lowest BCUT2D eigenvalue weighted by atomic mass is 9.99. The van der Waals surface area contributed by atoms with Crippen molar-refractivity contribution in [1.29, 1.82) is 0 Å². The highest BCUT2D eigenvalue weighted by molar-refractivity contribution is 5.51. The van der Waals surface area contributed by atoms with Crippen LogP contribution in [0.3, 0.4) is 0 Å². The summed E-state index contributed by atoms with van der Waals surface area (Å²) in [6.45, 7) is 6.95. The number of aromatic nitrogens is 2. The van der Waals surface area contributed by atoms with Crippen LogP contribution in [0.15, 0.2) is 34.9 Å². The zero-order valence-electron chi connectivity index (χ0n) is 15.3. The van der Waals surface area contributed by atoms with Crippen molar-refractivity contribution in [2.45, 2.75) is 38.3 Å². The van der Waals surface area contributed by atoms with Crippen LogP contribution in [0, 0.1) is 0 Å². The van der Waals surface area contributed by atoms with E-state index in [4.69, 9.17) is 9.26 Å². The summed E-state index contributed by atoms with van der Waals surface area (Å²) in [6, 6.07) is 10.6. The molecule has 0 bridgehead atoms. The molecule has 6 nitrogen and oxygen atoms in total. The first-order valence-electron chi connectivity index (χ1n) is 9.80. The molecule has 2 aliphatic heterocycles. The van der Waals surface area contributed by atoms with E-state index in [-0.39, 0.29) is 0 Å². The maximum Gasteiger partial charge on any atom is 0.257 e. The van der Waals surface area contributed by atoms with Gasteiger partial charge in [-0.15, -0.1) is 0 Å². The second-order valence-electron chi connectivity index (χ2n) is 7.24. The van der Waals surface area contributed by atoms with Gasteiger partial charge in [0.15, 0.2) is 5.82 Å². The molecule has 1 aromatic heterocycles. The van der Waals surface area contributed by atoms with Crippen molar-refractivity contribution < 1.29 is 9.26 Å². The molecule has 0 saturated carbocycles. The highest BCUT2D eigenvalue weighted by Crippen LogP contribution is 2.23. The van der Waals surface area contributed by atoms with E-state index in [1.807, 2.05) is 30.3 Å². The van der Waals surface area contributed by atoms with E-state index in [0.29, 0.717) is 11.9 Å². The molecule has 0 radical (unpaired) electrons. The topological polar surface area (TPSA) is 54.6 Å². The molecular weight excluding hydrogens is 328 g/mol. The predicted octanol–water partition coefficient (Wildman–Crippen LogP) is 2.81. The fraction of sp³-hybridized carbons (Fsp3) is 0.600. The van der Waals surface area contributed by atoms with Crippen LogP contribution in [-0.4, -0.2) is 65.4 Å². The van der Waals surface area contributed by atoms with Crippen molar-refractivity contribution >= 4 is 0 Å². The molecule has 2 aliphatic rings. The number of benzene rings is 1. The van der Waals surface area contributed by atoms with Crippen LogP contribution in [-0.2, 0) is 11.3 Å². The van der Waals surface area contributed by atoms with Gasteiger partial charge in [-0.3, -0.25) is 9.80 Å². The summed E-state index contributed by atoms with van der Waals surface area (Å²) in [5.74, 6) is 1.41. The highest BCUT2D eigenvalue weighted by Gasteiger charge is 2.25. The number of morpholine rings is 1. The van der Waals surface area contributed by atoms with Crippen LogP contribution >= 0.6 is 0 Å². The van der Waals surface area contributed by atoms with Crippen molar-refractivity contribution in [2.75, 3.05) is 39.4 Å². The Bertz CT molecular complexity index is 669. The molecule has 1 atom stereocenters. The molecular formula is C20H28N4O2. The molecule has 1 aromatic carbocycles. The van der Waals surface area contributed by atoms with Crippen molar-refractivity contribution in [3.8, 4) is 11.5 Å². The number of rotatable bonds is 6. The Kier molecular flexibility index (Phi) is 5.94. The summed E-state index contributed by atoms with van der Waals surface area (Å²) in [4.78, 5) is 9.68. The SMILES string of the molecule is c1ccc(-c2nc(CN3CCCC[C@@H]3CCN3CCOCC3)no2)cc1. The van der Waals surface area contributed by atoms with Crippen molar-refractivity contribution in [3.05, 3.63) is 36.2 Å². The largest absolute Gasteiger partial charge is 0.379 e. The minimum Gasteiger partial charge on any atom is -0.379 e. The van der Waals surface area contributed by atoms with Crippen LogP contribution in [0.25, 0.3) is 11.5 Å². The van der Waals surface area contributed by atoms with Crippen LogP contribution in [0.2, 0.25) is 0 Å². The maximum absolute atomic E-state index is 5.47. The van der Waals surface area contributed by atoms with E-state index in [9.17, 15) is 0 Å². The van der Waals surface area contributed by atoms with Gasteiger partial charge >= 0.3 is 0 Å². The van der Waals surface area contributed by atoms with Gasteiger partial charge in [0.05, 0.1) is 19.8 Å². The van der Waals surface area contributed by atoms with Gasteiger partial charge in [0.25, 0.3) is 5.89 Å². The third kappa shape index (κ3) is 4.50. The molecule has 3 heterocycles. The van der Waals surface area contributed by atoms with Gasteiger partial charge < -0.3 is 9.26 Å². The third-order valence-corrected chi connectivity index (χ3v) is 5.46. The summed E-state index contributed by atoms with van der Waals surface area (Å²) in [5, 5.41) is 4.22. The molecule has 0 N–H and O–H groups in total. The average Bonchev–Trinajstić information content (AvgIpc) is 3.17. The predicted molar refractivity (Wildman–Crippen MR) is 99.7 cm³/mol. The fourth-order valence-corrected chi connectivity index (χ4v) is 3.95. The second-order valence-corrected chi connectivity index (χ2v) is 7.24.